The highest BCUT2D eigenvalue weighted by Crippen LogP contribution is 2.30. The number of aliphatic hydroxyl groups excluding tert-OH is 1. The lowest BCUT2D eigenvalue weighted by Crippen LogP contribution is -2.48. The molecule has 1 saturated heterocycles. The molecule has 4 rings (SSSR count). The topological polar surface area (TPSA) is 100 Å². The van der Waals surface area contributed by atoms with E-state index in [1.165, 1.54) is 11.3 Å². The number of ketones is 1. The van der Waals surface area contributed by atoms with Crippen LogP contribution < -0.4 is 0 Å². The number of hydrogen-bond donors (Lipinski definition) is 1. The van der Waals surface area contributed by atoms with Gasteiger partial charge in [-0.05, 0) is 70.6 Å². The van der Waals surface area contributed by atoms with E-state index in [-0.39, 0.29) is 18.1 Å². The summed E-state index contributed by atoms with van der Waals surface area (Å²) >= 11 is 1.51. The van der Waals surface area contributed by atoms with Gasteiger partial charge in [0.2, 0.25) is 0 Å². The average molecular weight is 592 g/mol. The number of aliphatic hydroxyl groups is 1. The van der Waals surface area contributed by atoms with Crippen molar-refractivity contribution in [3.8, 4) is 0 Å². The molecule has 0 spiro atoms. The number of carbonyl (C=O) groups is 3. The number of benzene rings is 2. The summed E-state index contributed by atoms with van der Waals surface area (Å²) in [6.45, 7) is 8.26. The van der Waals surface area contributed by atoms with Crippen molar-refractivity contribution in [1.82, 2.24) is 14.8 Å². The molecular weight excluding hydrogens is 550 g/mol. The number of amides is 2. The molecule has 224 valence electrons. The van der Waals surface area contributed by atoms with E-state index in [9.17, 15) is 19.5 Å². The highest BCUT2D eigenvalue weighted by atomic mass is 32.1. The Balaban J connectivity index is 1.52. The Labute approximate surface area is 252 Å². The summed E-state index contributed by atoms with van der Waals surface area (Å²) in [5.41, 5.74) is 2.11. The van der Waals surface area contributed by atoms with Crippen molar-refractivity contribution < 1.29 is 24.2 Å². The van der Waals surface area contributed by atoms with Crippen LogP contribution in [0.25, 0.3) is 0 Å². The van der Waals surface area contributed by atoms with Gasteiger partial charge in [-0.15, -0.1) is 11.3 Å². The Morgan fingerprint density at radius 1 is 1.12 bits per heavy atom. The number of hydrogen-bond acceptors (Lipinski definition) is 7. The predicted molar refractivity (Wildman–Crippen MR) is 164 cm³/mol. The van der Waals surface area contributed by atoms with Gasteiger partial charge in [-0.1, -0.05) is 42.5 Å². The molecule has 1 N–H and O–H groups in total. The molecule has 0 radical (unpaired) electrons. The van der Waals surface area contributed by atoms with Gasteiger partial charge in [-0.25, -0.2) is 9.78 Å². The average Bonchev–Trinajstić information content (AvgIpc) is 3.60. The van der Waals surface area contributed by atoms with Crippen LogP contribution in [0.2, 0.25) is 0 Å². The van der Waals surface area contributed by atoms with Gasteiger partial charge in [0.15, 0.2) is 5.78 Å². The molecule has 0 aliphatic carbocycles. The second-order valence-corrected chi connectivity index (χ2v) is 13.0. The van der Waals surface area contributed by atoms with Crippen LogP contribution in [0, 0.1) is 12.8 Å². The van der Waals surface area contributed by atoms with E-state index in [4.69, 9.17) is 4.74 Å². The van der Waals surface area contributed by atoms with Crippen molar-refractivity contribution in [2.45, 2.75) is 77.7 Å². The molecule has 1 fully saturated rings. The maximum atomic E-state index is 13.7. The van der Waals surface area contributed by atoms with Crippen molar-refractivity contribution in [3.63, 3.8) is 0 Å². The minimum atomic E-state index is -0.929. The van der Waals surface area contributed by atoms with Crippen molar-refractivity contribution >= 4 is 29.1 Å². The highest BCUT2D eigenvalue weighted by molar-refractivity contribution is 7.09. The standard InChI is InChI=1S/C33H41N3O5S/c1-22-21-42-29(34-22)20-35(5)31(39)25-14-9-13-24(18-25)28(37)19-26(17-23-11-7-6-8-12-23)30(38)27-15-10-16-36(27)32(40)41-33(2,3)4/h6-9,11-14,18,21,26-27,30,38H,10,15-17,19-20H2,1-5H3/t26-,27-,30+/m1/s1. The van der Waals surface area contributed by atoms with Crippen molar-refractivity contribution in [3.05, 3.63) is 87.4 Å². The smallest absolute Gasteiger partial charge is 0.410 e. The summed E-state index contributed by atoms with van der Waals surface area (Å²) in [6, 6.07) is 16.0. The lowest BCUT2D eigenvalue weighted by Gasteiger charge is -2.34. The first-order valence-electron chi connectivity index (χ1n) is 14.4. The molecule has 0 unspecified atom stereocenters. The van der Waals surface area contributed by atoms with E-state index in [1.54, 1.807) is 41.1 Å². The number of likely N-dealkylation sites (tertiary alicyclic amines) is 1. The third kappa shape index (κ3) is 8.26. The monoisotopic (exact) mass is 591 g/mol. The van der Waals surface area contributed by atoms with E-state index in [0.29, 0.717) is 37.1 Å². The first-order chi connectivity index (χ1) is 19.9. The number of aryl methyl sites for hydroxylation is 1. The molecule has 1 aliphatic heterocycles. The summed E-state index contributed by atoms with van der Waals surface area (Å²) in [6.07, 6.45) is 0.556. The lowest BCUT2D eigenvalue weighted by molar-refractivity contribution is -0.00804. The SMILES string of the molecule is Cc1csc(CN(C)C(=O)c2cccc(C(=O)C[C@@H](Cc3ccccc3)[C@H](O)[C@H]3CCCN3C(=O)OC(C)(C)C)c2)n1. The number of Topliss-reactive ketones (excluding diaryl/α,β-unsaturated/α-hetero) is 1. The lowest BCUT2D eigenvalue weighted by atomic mass is 9.84. The largest absolute Gasteiger partial charge is 0.444 e. The zero-order valence-corrected chi connectivity index (χ0v) is 25.9. The number of ether oxygens (including phenoxy) is 1. The number of rotatable bonds is 10. The van der Waals surface area contributed by atoms with Crippen LogP contribution in [0.5, 0.6) is 0 Å². The third-order valence-corrected chi connectivity index (χ3v) is 8.36. The Hall–Kier alpha value is -3.56. The molecule has 1 aromatic heterocycles. The van der Waals surface area contributed by atoms with Crippen LogP contribution in [0.15, 0.2) is 60.0 Å². The van der Waals surface area contributed by atoms with Gasteiger partial charge in [0.25, 0.3) is 5.91 Å². The maximum Gasteiger partial charge on any atom is 0.410 e. The molecule has 3 aromatic rings. The van der Waals surface area contributed by atoms with Crippen LogP contribution >= 0.6 is 11.3 Å². The first kappa shape index (κ1) is 31.4. The van der Waals surface area contributed by atoms with E-state index in [1.807, 2.05) is 63.4 Å². The molecule has 3 atom stereocenters. The molecule has 0 bridgehead atoms. The van der Waals surface area contributed by atoms with E-state index >= 15 is 0 Å². The fourth-order valence-corrected chi connectivity index (χ4v) is 6.22. The summed E-state index contributed by atoms with van der Waals surface area (Å²) < 4.78 is 5.61. The van der Waals surface area contributed by atoms with Gasteiger partial charge in [0.1, 0.15) is 10.6 Å². The normalized spacial score (nSPS) is 16.6. The Morgan fingerprint density at radius 3 is 2.50 bits per heavy atom. The Kier molecular flexibility index (Phi) is 10.2. The van der Waals surface area contributed by atoms with Crippen molar-refractivity contribution in [1.29, 1.82) is 0 Å². The molecule has 42 heavy (non-hydrogen) atoms. The summed E-state index contributed by atoms with van der Waals surface area (Å²) in [5.74, 6) is -0.801. The molecule has 9 heteroatoms. The van der Waals surface area contributed by atoms with Gasteiger partial charge in [0, 0.05) is 42.2 Å². The fraction of sp³-hybridized carbons (Fsp3) is 0.455. The molecule has 2 heterocycles. The quantitative estimate of drug-likeness (QED) is 0.294. The molecule has 2 aromatic carbocycles. The molecule has 8 nitrogen and oxygen atoms in total. The molecule has 2 amide bonds. The first-order valence-corrected chi connectivity index (χ1v) is 15.3. The zero-order chi connectivity index (χ0) is 30.4. The Bertz CT molecular complexity index is 1380. The van der Waals surface area contributed by atoms with Crippen LogP contribution in [0.1, 0.15) is 77.0 Å². The van der Waals surface area contributed by atoms with E-state index < -0.39 is 29.8 Å². The van der Waals surface area contributed by atoms with Gasteiger partial charge in [-0.2, -0.15) is 0 Å². The number of thiazole rings is 1. The van der Waals surface area contributed by atoms with Crippen molar-refractivity contribution in [2.24, 2.45) is 5.92 Å². The highest BCUT2D eigenvalue weighted by Gasteiger charge is 2.40. The molecule has 0 saturated carbocycles. The van der Waals surface area contributed by atoms with Crippen LogP contribution in [-0.4, -0.2) is 69.0 Å². The van der Waals surface area contributed by atoms with Gasteiger partial charge in [-0.3, -0.25) is 9.59 Å². The minimum Gasteiger partial charge on any atom is -0.444 e. The minimum absolute atomic E-state index is 0.0700. The summed E-state index contributed by atoms with van der Waals surface area (Å²) in [4.78, 5) is 47.4. The van der Waals surface area contributed by atoms with E-state index in [2.05, 4.69) is 4.98 Å². The summed E-state index contributed by atoms with van der Waals surface area (Å²) in [5, 5.41) is 14.5. The second-order valence-electron chi connectivity index (χ2n) is 12.1. The summed E-state index contributed by atoms with van der Waals surface area (Å²) in [7, 11) is 1.72. The number of carbonyl (C=O) groups excluding carboxylic acids is 3. The van der Waals surface area contributed by atoms with Gasteiger partial charge in [0.05, 0.1) is 18.7 Å². The maximum absolute atomic E-state index is 13.7. The van der Waals surface area contributed by atoms with Crippen LogP contribution in [0.3, 0.4) is 0 Å². The van der Waals surface area contributed by atoms with E-state index in [0.717, 1.165) is 22.7 Å². The fourth-order valence-electron chi connectivity index (χ4n) is 5.39. The van der Waals surface area contributed by atoms with Crippen LogP contribution in [0.4, 0.5) is 4.79 Å². The second kappa shape index (κ2) is 13.6. The molecule has 1 aliphatic rings. The zero-order valence-electron chi connectivity index (χ0n) is 25.1. The number of aromatic nitrogens is 1. The van der Waals surface area contributed by atoms with Gasteiger partial charge < -0.3 is 19.6 Å². The predicted octanol–water partition coefficient (Wildman–Crippen LogP) is 5.92. The Morgan fingerprint density at radius 2 is 1.83 bits per heavy atom. The van der Waals surface area contributed by atoms with Crippen LogP contribution in [-0.2, 0) is 17.7 Å². The number of nitrogens with zero attached hydrogens (tertiary/aromatic N) is 3. The van der Waals surface area contributed by atoms with Gasteiger partial charge >= 0.3 is 6.09 Å². The third-order valence-electron chi connectivity index (χ3n) is 7.41. The van der Waals surface area contributed by atoms with Crippen molar-refractivity contribution in [2.75, 3.05) is 13.6 Å². The molecular formula is C33H41N3O5S.